The van der Waals surface area contributed by atoms with Gasteiger partial charge < -0.3 is 9.64 Å². The van der Waals surface area contributed by atoms with Gasteiger partial charge in [-0.3, -0.25) is 0 Å². The van der Waals surface area contributed by atoms with Gasteiger partial charge in [0.2, 0.25) is 0 Å². The minimum Gasteiger partial charge on any atom is -0.453 e. The number of ether oxygens (including phenoxy) is 1. The van der Waals surface area contributed by atoms with Gasteiger partial charge in [0.1, 0.15) is 6.10 Å². The van der Waals surface area contributed by atoms with Crippen molar-refractivity contribution in [2.24, 2.45) is 0 Å². The fourth-order valence-corrected chi connectivity index (χ4v) is 3.81. The molecule has 19 heavy (non-hydrogen) atoms. The van der Waals surface area contributed by atoms with Crippen molar-refractivity contribution in [2.75, 3.05) is 6.54 Å². The molecule has 2 unspecified atom stereocenters. The molecule has 0 saturated carbocycles. The first kappa shape index (κ1) is 11.1. The van der Waals surface area contributed by atoms with Crippen LogP contribution in [-0.4, -0.2) is 23.5 Å². The average Bonchev–Trinajstić information content (AvgIpc) is 2.74. The van der Waals surface area contributed by atoms with Crippen molar-refractivity contribution < 1.29 is 9.53 Å². The van der Waals surface area contributed by atoms with Crippen LogP contribution in [0, 0.1) is 0 Å². The second-order valence-electron chi connectivity index (χ2n) is 5.61. The molecular weight excluding hydrogens is 238 g/mol. The predicted molar refractivity (Wildman–Crippen MR) is 71.4 cm³/mol. The number of nitrogens with zero attached hydrogens (tertiary/aromatic N) is 1. The third kappa shape index (κ3) is 1.47. The summed E-state index contributed by atoms with van der Waals surface area (Å²) in [5.41, 5.74) is 4.97. The second kappa shape index (κ2) is 3.86. The van der Waals surface area contributed by atoms with Gasteiger partial charge >= 0.3 is 5.97 Å². The first-order valence-corrected chi connectivity index (χ1v) is 7.04. The van der Waals surface area contributed by atoms with E-state index in [0.717, 1.165) is 37.1 Å². The number of esters is 1. The molecule has 0 spiro atoms. The van der Waals surface area contributed by atoms with Gasteiger partial charge in [-0.1, -0.05) is 24.3 Å². The van der Waals surface area contributed by atoms with Crippen LogP contribution in [-0.2, 0) is 16.0 Å². The largest absolute Gasteiger partial charge is 0.453 e. The summed E-state index contributed by atoms with van der Waals surface area (Å²) in [4.78, 5) is 14.2. The van der Waals surface area contributed by atoms with Crippen LogP contribution in [0.25, 0.3) is 0 Å². The highest BCUT2D eigenvalue weighted by atomic mass is 16.5. The van der Waals surface area contributed by atoms with Crippen LogP contribution in [0.15, 0.2) is 35.5 Å². The van der Waals surface area contributed by atoms with Crippen molar-refractivity contribution in [3.8, 4) is 0 Å². The molecule has 3 heterocycles. The van der Waals surface area contributed by atoms with Crippen molar-refractivity contribution >= 4 is 5.97 Å². The number of rotatable bonds is 0. The third-order valence-corrected chi connectivity index (χ3v) is 4.61. The molecule has 3 aliphatic heterocycles. The molecule has 0 fully saturated rings. The maximum Gasteiger partial charge on any atom is 0.336 e. The molecule has 3 heteroatoms. The maximum atomic E-state index is 11.8. The Morgan fingerprint density at radius 3 is 3.00 bits per heavy atom. The standard InChI is InChI=1S/C16H17NO2/c1-10-15-13(16(18)19-10)6-7-14-12-5-3-2-4-11(12)8-9-17(14)15/h2-5,10,14H,6-9H2,1H3. The highest BCUT2D eigenvalue weighted by Gasteiger charge is 2.42. The quantitative estimate of drug-likeness (QED) is 0.667. The van der Waals surface area contributed by atoms with E-state index in [2.05, 4.69) is 29.2 Å². The van der Waals surface area contributed by atoms with E-state index < -0.39 is 0 Å². The molecule has 0 bridgehead atoms. The Labute approximate surface area is 112 Å². The summed E-state index contributed by atoms with van der Waals surface area (Å²) in [6.45, 7) is 2.99. The number of benzene rings is 1. The number of carbonyl (C=O) groups is 1. The Balaban J connectivity index is 1.80. The fraction of sp³-hybridized carbons (Fsp3) is 0.438. The summed E-state index contributed by atoms with van der Waals surface area (Å²) in [7, 11) is 0. The van der Waals surface area contributed by atoms with Gasteiger partial charge in [-0.25, -0.2) is 4.79 Å². The van der Waals surface area contributed by atoms with Crippen molar-refractivity contribution in [3.05, 3.63) is 46.7 Å². The fourth-order valence-electron chi connectivity index (χ4n) is 3.81. The van der Waals surface area contributed by atoms with Crippen LogP contribution >= 0.6 is 0 Å². The van der Waals surface area contributed by atoms with E-state index in [1.807, 2.05) is 6.92 Å². The van der Waals surface area contributed by atoms with E-state index in [4.69, 9.17) is 4.74 Å². The van der Waals surface area contributed by atoms with Crippen LogP contribution in [0.4, 0.5) is 0 Å². The summed E-state index contributed by atoms with van der Waals surface area (Å²) in [5.74, 6) is -0.0974. The lowest BCUT2D eigenvalue weighted by atomic mass is 9.85. The van der Waals surface area contributed by atoms with Gasteiger partial charge in [-0.2, -0.15) is 0 Å². The minimum atomic E-state index is -0.0974. The molecule has 0 aromatic heterocycles. The summed E-state index contributed by atoms with van der Waals surface area (Å²) in [5, 5.41) is 0. The Hall–Kier alpha value is -1.77. The Bertz CT molecular complexity index is 590. The van der Waals surface area contributed by atoms with Gasteiger partial charge in [-0.05, 0) is 37.3 Å². The zero-order valence-corrected chi connectivity index (χ0v) is 11.1. The van der Waals surface area contributed by atoms with E-state index in [1.54, 1.807) is 0 Å². The summed E-state index contributed by atoms with van der Waals surface area (Å²) in [6.07, 6.45) is 2.87. The molecule has 98 valence electrons. The molecule has 0 saturated heterocycles. The Kier molecular flexibility index (Phi) is 2.25. The molecule has 0 radical (unpaired) electrons. The van der Waals surface area contributed by atoms with Crippen LogP contribution in [0.2, 0.25) is 0 Å². The normalized spacial score (nSPS) is 28.7. The van der Waals surface area contributed by atoms with E-state index >= 15 is 0 Å². The van der Waals surface area contributed by atoms with Crippen molar-refractivity contribution in [1.29, 1.82) is 0 Å². The lowest BCUT2D eigenvalue weighted by molar-refractivity contribution is -0.139. The number of hydrogen-bond donors (Lipinski definition) is 0. The van der Waals surface area contributed by atoms with Crippen LogP contribution in [0.1, 0.15) is 36.9 Å². The average molecular weight is 255 g/mol. The summed E-state index contributed by atoms with van der Waals surface area (Å²) >= 11 is 0. The van der Waals surface area contributed by atoms with Crippen LogP contribution in [0.3, 0.4) is 0 Å². The molecule has 2 atom stereocenters. The highest BCUT2D eigenvalue weighted by Crippen LogP contribution is 2.44. The van der Waals surface area contributed by atoms with Gasteiger partial charge in [0.15, 0.2) is 0 Å². The van der Waals surface area contributed by atoms with E-state index in [-0.39, 0.29) is 12.1 Å². The second-order valence-corrected chi connectivity index (χ2v) is 5.61. The van der Waals surface area contributed by atoms with Crippen LogP contribution < -0.4 is 0 Å². The zero-order chi connectivity index (χ0) is 13.0. The molecule has 3 nitrogen and oxygen atoms in total. The SMILES string of the molecule is CC1OC(=O)C2=C1N1CCc3ccccc3C1CC2. The number of fused-ring (bicyclic) bond motifs is 4. The minimum absolute atomic E-state index is 0.0736. The monoisotopic (exact) mass is 255 g/mol. The van der Waals surface area contributed by atoms with Gasteiger partial charge in [0.05, 0.1) is 17.3 Å². The topological polar surface area (TPSA) is 29.5 Å². The predicted octanol–water partition coefficient (Wildman–Crippen LogP) is 2.58. The number of cyclic esters (lactones) is 1. The highest BCUT2D eigenvalue weighted by molar-refractivity contribution is 5.92. The number of carbonyl (C=O) groups excluding carboxylic acids is 1. The van der Waals surface area contributed by atoms with Crippen molar-refractivity contribution in [1.82, 2.24) is 4.90 Å². The molecule has 1 aromatic rings. The summed E-state index contributed by atoms with van der Waals surface area (Å²) < 4.78 is 5.39. The third-order valence-electron chi connectivity index (χ3n) is 4.61. The van der Waals surface area contributed by atoms with E-state index in [9.17, 15) is 4.79 Å². The molecule has 3 aliphatic rings. The Morgan fingerprint density at radius 2 is 2.11 bits per heavy atom. The maximum absolute atomic E-state index is 11.8. The zero-order valence-electron chi connectivity index (χ0n) is 11.1. The first-order valence-electron chi connectivity index (χ1n) is 7.04. The van der Waals surface area contributed by atoms with Gasteiger partial charge in [0, 0.05) is 6.54 Å². The molecule has 0 amide bonds. The molecule has 1 aromatic carbocycles. The molecule has 4 rings (SSSR count). The molecule has 0 N–H and O–H groups in total. The van der Waals surface area contributed by atoms with Gasteiger partial charge in [0.25, 0.3) is 0 Å². The van der Waals surface area contributed by atoms with Gasteiger partial charge in [-0.15, -0.1) is 0 Å². The summed E-state index contributed by atoms with van der Waals surface area (Å²) in [6, 6.07) is 9.13. The smallest absolute Gasteiger partial charge is 0.336 e. The van der Waals surface area contributed by atoms with Crippen molar-refractivity contribution in [2.45, 2.75) is 38.3 Å². The van der Waals surface area contributed by atoms with Crippen molar-refractivity contribution in [3.63, 3.8) is 0 Å². The van der Waals surface area contributed by atoms with E-state index in [0.29, 0.717) is 6.04 Å². The lowest BCUT2D eigenvalue weighted by Crippen LogP contribution is -2.39. The van der Waals surface area contributed by atoms with E-state index in [1.165, 1.54) is 11.1 Å². The number of hydrogen-bond acceptors (Lipinski definition) is 3. The molecular formula is C16H17NO2. The first-order chi connectivity index (χ1) is 9.25. The Morgan fingerprint density at radius 1 is 1.26 bits per heavy atom. The lowest BCUT2D eigenvalue weighted by Gasteiger charge is -2.43. The molecule has 0 aliphatic carbocycles. The van der Waals surface area contributed by atoms with Crippen LogP contribution in [0.5, 0.6) is 0 Å².